The molecule has 0 aliphatic carbocycles. The minimum absolute atomic E-state index is 0.139. The van der Waals surface area contributed by atoms with Crippen molar-refractivity contribution in [2.45, 2.75) is 19.9 Å². The van der Waals surface area contributed by atoms with Crippen molar-refractivity contribution in [3.63, 3.8) is 0 Å². The molecule has 2 aromatic carbocycles. The van der Waals surface area contributed by atoms with Gasteiger partial charge in [-0.25, -0.2) is 4.98 Å². The summed E-state index contributed by atoms with van der Waals surface area (Å²) in [5.74, 6) is 0.0660. The van der Waals surface area contributed by atoms with Gasteiger partial charge >= 0.3 is 0 Å². The van der Waals surface area contributed by atoms with Crippen LogP contribution in [-0.2, 0) is 17.8 Å². The van der Waals surface area contributed by atoms with Gasteiger partial charge in [0.05, 0.1) is 12.2 Å². The fourth-order valence-electron chi connectivity index (χ4n) is 3.81. The Morgan fingerprint density at radius 1 is 1.17 bits per heavy atom. The van der Waals surface area contributed by atoms with E-state index in [0.717, 1.165) is 34.7 Å². The first-order chi connectivity index (χ1) is 14.4. The summed E-state index contributed by atoms with van der Waals surface area (Å²) in [5, 5.41) is 3.85. The van der Waals surface area contributed by atoms with Crippen molar-refractivity contribution in [2.24, 2.45) is 0 Å². The fourth-order valence-corrected chi connectivity index (χ4v) is 4.30. The van der Waals surface area contributed by atoms with Crippen LogP contribution in [0.5, 0.6) is 0 Å². The summed E-state index contributed by atoms with van der Waals surface area (Å²) >= 11 is 12.4. The van der Waals surface area contributed by atoms with E-state index in [4.69, 9.17) is 28.9 Å². The number of benzene rings is 2. The zero-order valence-electron chi connectivity index (χ0n) is 16.6. The average Bonchev–Trinajstić information content (AvgIpc) is 2.70. The number of nitrogens with zero attached hydrogens (tertiary/aromatic N) is 2. The Balaban J connectivity index is 1.52. The molecule has 4 rings (SSSR count). The predicted molar refractivity (Wildman–Crippen MR) is 123 cm³/mol. The highest BCUT2D eigenvalue weighted by Gasteiger charge is 2.22. The number of aryl methyl sites for hydroxylation is 1. The maximum absolute atomic E-state index is 12.6. The molecule has 0 saturated heterocycles. The van der Waals surface area contributed by atoms with Gasteiger partial charge in [-0.15, -0.1) is 0 Å². The first kappa shape index (κ1) is 20.7. The number of halogens is 2. The smallest absolute Gasteiger partial charge is 0.238 e. The van der Waals surface area contributed by atoms with Crippen LogP contribution in [0.4, 0.5) is 11.5 Å². The van der Waals surface area contributed by atoms with Crippen LogP contribution in [0.25, 0.3) is 11.1 Å². The normalized spacial score (nSPS) is 13.7. The number of nitrogen functional groups attached to an aromatic ring is 1. The van der Waals surface area contributed by atoms with Crippen LogP contribution in [0.2, 0.25) is 10.2 Å². The quantitative estimate of drug-likeness (QED) is 0.563. The summed E-state index contributed by atoms with van der Waals surface area (Å²) in [6.45, 7) is 3.77. The molecule has 154 valence electrons. The molecule has 3 aromatic rings. The van der Waals surface area contributed by atoms with E-state index >= 15 is 0 Å². The number of hydrogen-bond acceptors (Lipinski definition) is 4. The third kappa shape index (κ3) is 4.43. The van der Waals surface area contributed by atoms with E-state index in [9.17, 15) is 4.79 Å². The van der Waals surface area contributed by atoms with Crippen molar-refractivity contribution in [2.75, 3.05) is 24.1 Å². The van der Waals surface area contributed by atoms with Gasteiger partial charge in [-0.05, 0) is 53.8 Å². The van der Waals surface area contributed by atoms with E-state index in [1.54, 1.807) is 12.1 Å². The molecule has 1 aliphatic heterocycles. The third-order valence-electron chi connectivity index (χ3n) is 5.30. The summed E-state index contributed by atoms with van der Waals surface area (Å²) < 4.78 is 0. The summed E-state index contributed by atoms with van der Waals surface area (Å²) in [5.41, 5.74) is 12.1. The number of rotatable bonds is 4. The second-order valence-corrected chi connectivity index (χ2v) is 8.30. The lowest BCUT2D eigenvalue weighted by molar-refractivity contribution is -0.117. The van der Waals surface area contributed by atoms with Gasteiger partial charge in [0.25, 0.3) is 0 Å². The number of hydrogen-bond donors (Lipinski definition) is 2. The van der Waals surface area contributed by atoms with Gasteiger partial charge in [0.1, 0.15) is 11.0 Å². The van der Waals surface area contributed by atoms with Gasteiger partial charge in [-0.1, -0.05) is 53.5 Å². The van der Waals surface area contributed by atoms with Crippen molar-refractivity contribution < 1.29 is 4.79 Å². The molecule has 0 radical (unpaired) electrons. The molecule has 2 heterocycles. The van der Waals surface area contributed by atoms with Gasteiger partial charge < -0.3 is 11.1 Å². The van der Waals surface area contributed by atoms with Crippen LogP contribution in [0.1, 0.15) is 16.7 Å². The largest absolute Gasteiger partial charge is 0.382 e. The first-order valence-corrected chi connectivity index (χ1v) is 10.5. The molecule has 1 aromatic heterocycles. The molecule has 3 N–H and O–H groups in total. The lowest BCUT2D eigenvalue weighted by Gasteiger charge is -2.30. The average molecular weight is 441 g/mol. The van der Waals surface area contributed by atoms with E-state index in [1.807, 2.05) is 13.0 Å². The number of amides is 1. The van der Waals surface area contributed by atoms with Crippen molar-refractivity contribution in [3.8, 4) is 11.1 Å². The van der Waals surface area contributed by atoms with Crippen molar-refractivity contribution in [1.29, 1.82) is 0 Å². The second-order valence-electron chi connectivity index (χ2n) is 7.50. The number of pyridine rings is 1. The second kappa shape index (κ2) is 8.64. The number of carbonyl (C=O) groups is 1. The Hall–Kier alpha value is -2.60. The topological polar surface area (TPSA) is 71.2 Å². The van der Waals surface area contributed by atoms with Crippen molar-refractivity contribution in [1.82, 2.24) is 9.88 Å². The number of aromatic nitrogens is 1. The molecule has 0 atom stereocenters. The summed E-state index contributed by atoms with van der Waals surface area (Å²) in [6, 6.07) is 15.7. The lowest BCUT2D eigenvalue weighted by atomic mass is 9.91. The molecular weight excluding hydrogens is 419 g/mol. The maximum atomic E-state index is 12.6. The Labute approximate surface area is 185 Å². The number of nitrogens with one attached hydrogen (secondary N) is 1. The minimum Gasteiger partial charge on any atom is -0.382 e. The minimum atomic E-state index is -0.139. The van der Waals surface area contributed by atoms with Crippen LogP contribution in [0.15, 0.2) is 48.5 Å². The first-order valence-electron chi connectivity index (χ1n) is 9.72. The zero-order valence-corrected chi connectivity index (χ0v) is 18.1. The monoisotopic (exact) mass is 440 g/mol. The van der Waals surface area contributed by atoms with Crippen LogP contribution >= 0.6 is 23.2 Å². The number of nitrogens with two attached hydrogens (primary N) is 1. The van der Waals surface area contributed by atoms with Crippen molar-refractivity contribution >= 4 is 40.6 Å². The third-order valence-corrected chi connectivity index (χ3v) is 5.82. The highest BCUT2D eigenvalue weighted by atomic mass is 35.5. The van der Waals surface area contributed by atoms with E-state index in [2.05, 4.69) is 45.5 Å². The summed E-state index contributed by atoms with van der Waals surface area (Å²) in [7, 11) is 0. The summed E-state index contributed by atoms with van der Waals surface area (Å²) in [6.07, 6.45) is 0.880. The van der Waals surface area contributed by atoms with Gasteiger partial charge in [0.15, 0.2) is 0 Å². The SMILES string of the molecule is Cc1ccc(-c2cccc3c2CN(CC(=O)Nc2ccc(Cl)nc2N)CC3)c(Cl)c1. The maximum Gasteiger partial charge on any atom is 0.238 e. The molecule has 1 amide bonds. The Morgan fingerprint density at radius 3 is 2.77 bits per heavy atom. The van der Waals surface area contributed by atoms with Gasteiger partial charge in [0.2, 0.25) is 5.91 Å². The Kier molecular flexibility index (Phi) is 5.95. The molecule has 1 aliphatic rings. The molecular formula is C23H22Cl2N4O. The molecule has 30 heavy (non-hydrogen) atoms. The Bertz CT molecular complexity index is 1120. The molecule has 7 heteroatoms. The number of anilines is 2. The standard InChI is InChI=1S/C23H22Cl2N4O/c1-14-5-6-17(19(24)11-14)16-4-2-3-15-9-10-29(12-18(15)16)13-22(30)27-20-7-8-21(25)28-23(20)26/h2-8,11H,9-10,12-13H2,1H3,(H2,26,28)(H,27,30). The Morgan fingerprint density at radius 2 is 2.00 bits per heavy atom. The molecule has 0 unspecified atom stereocenters. The summed E-state index contributed by atoms with van der Waals surface area (Å²) in [4.78, 5) is 18.7. The highest BCUT2D eigenvalue weighted by molar-refractivity contribution is 6.33. The number of fused-ring (bicyclic) bond motifs is 1. The van der Waals surface area contributed by atoms with Crippen LogP contribution in [0, 0.1) is 6.92 Å². The van der Waals surface area contributed by atoms with E-state index in [0.29, 0.717) is 17.4 Å². The highest BCUT2D eigenvalue weighted by Crippen LogP contribution is 2.35. The van der Waals surface area contributed by atoms with Crippen LogP contribution < -0.4 is 11.1 Å². The fraction of sp³-hybridized carbons (Fsp3) is 0.217. The number of carbonyl (C=O) groups excluding carboxylic acids is 1. The molecule has 0 saturated carbocycles. The molecule has 0 bridgehead atoms. The van der Waals surface area contributed by atoms with Crippen LogP contribution in [0.3, 0.4) is 0 Å². The molecule has 5 nitrogen and oxygen atoms in total. The molecule has 0 spiro atoms. The predicted octanol–water partition coefficient (Wildman–Crippen LogP) is 4.94. The van der Waals surface area contributed by atoms with Gasteiger partial charge in [-0.2, -0.15) is 0 Å². The van der Waals surface area contributed by atoms with Crippen molar-refractivity contribution in [3.05, 3.63) is 75.4 Å². The van der Waals surface area contributed by atoms with Gasteiger partial charge in [-0.3, -0.25) is 9.69 Å². The van der Waals surface area contributed by atoms with E-state index < -0.39 is 0 Å². The molecule has 0 fully saturated rings. The van der Waals surface area contributed by atoms with E-state index in [1.165, 1.54) is 11.1 Å². The lowest BCUT2D eigenvalue weighted by Crippen LogP contribution is -2.37. The van der Waals surface area contributed by atoms with Gasteiger partial charge in [0, 0.05) is 23.7 Å². The van der Waals surface area contributed by atoms with E-state index in [-0.39, 0.29) is 18.3 Å². The van der Waals surface area contributed by atoms with Crippen LogP contribution in [-0.4, -0.2) is 28.9 Å². The zero-order chi connectivity index (χ0) is 21.3.